The van der Waals surface area contributed by atoms with Crippen LogP contribution in [-0.4, -0.2) is 18.2 Å². The Hall–Kier alpha value is -3.24. The van der Waals surface area contributed by atoms with Gasteiger partial charge in [-0.25, -0.2) is 13.8 Å². The molecule has 27 heavy (non-hydrogen) atoms. The highest BCUT2D eigenvalue weighted by Crippen LogP contribution is 2.36. The zero-order valence-corrected chi connectivity index (χ0v) is 14.7. The fourth-order valence-electron chi connectivity index (χ4n) is 2.76. The molecule has 0 spiro atoms. The number of fused-ring (bicyclic) bond motifs is 1. The van der Waals surface area contributed by atoms with Crippen molar-refractivity contribution < 1.29 is 18.3 Å². The number of para-hydroxylation sites is 1. The van der Waals surface area contributed by atoms with Crippen molar-refractivity contribution in [2.75, 3.05) is 13.2 Å². The number of nitrogens with zero attached hydrogens (tertiary/aromatic N) is 2. The van der Waals surface area contributed by atoms with E-state index in [2.05, 4.69) is 11.1 Å². The molecule has 0 saturated carbocycles. The van der Waals surface area contributed by atoms with Crippen molar-refractivity contribution in [2.24, 2.45) is 0 Å². The van der Waals surface area contributed by atoms with Crippen LogP contribution >= 0.6 is 11.3 Å². The molecule has 0 unspecified atom stereocenters. The summed E-state index contributed by atoms with van der Waals surface area (Å²) in [6, 6.07) is 11.1. The molecule has 0 atom stereocenters. The first-order valence-electron chi connectivity index (χ1n) is 8.08. The molecule has 7 heteroatoms. The average Bonchev–Trinajstić information content (AvgIpc) is 3.15. The van der Waals surface area contributed by atoms with Crippen molar-refractivity contribution in [2.45, 2.75) is 0 Å². The first-order valence-corrected chi connectivity index (χ1v) is 8.96. The largest absolute Gasteiger partial charge is 0.486 e. The molecule has 0 N–H and O–H groups in total. The van der Waals surface area contributed by atoms with E-state index < -0.39 is 11.6 Å². The van der Waals surface area contributed by atoms with E-state index in [1.807, 2.05) is 0 Å². The Morgan fingerprint density at radius 2 is 1.85 bits per heavy atom. The van der Waals surface area contributed by atoms with Gasteiger partial charge in [0.1, 0.15) is 35.9 Å². The quantitative estimate of drug-likeness (QED) is 0.603. The third-order valence-corrected chi connectivity index (χ3v) is 4.85. The number of aromatic nitrogens is 1. The summed E-state index contributed by atoms with van der Waals surface area (Å²) < 4.78 is 39.1. The number of rotatable bonds is 3. The molecular formula is C20H12F2N2O2S. The van der Waals surface area contributed by atoms with Gasteiger partial charge in [0.15, 0.2) is 11.5 Å². The molecule has 3 aromatic rings. The van der Waals surface area contributed by atoms with Gasteiger partial charge in [0.25, 0.3) is 0 Å². The Morgan fingerprint density at radius 1 is 1.11 bits per heavy atom. The van der Waals surface area contributed by atoms with Gasteiger partial charge in [0.05, 0.1) is 16.8 Å². The summed E-state index contributed by atoms with van der Waals surface area (Å²) >= 11 is 1.14. The summed E-state index contributed by atoms with van der Waals surface area (Å²) in [5.74, 6) is -0.219. The zero-order valence-electron chi connectivity index (χ0n) is 13.9. The van der Waals surface area contributed by atoms with Crippen molar-refractivity contribution in [1.29, 1.82) is 5.26 Å². The Labute approximate surface area is 157 Å². The van der Waals surface area contributed by atoms with Gasteiger partial charge in [-0.2, -0.15) is 5.26 Å². The van der Waals surface area contributed by atoms with Crippen LogP contribution in [-0.2, 0) is 0 Å². The molecule has 0 amide bonds. The molecule has 1 aliphatic heterocycles. The highest BCUT2D eigenvalue weighted by atomic mass is 32.1. The minimum atomic E-state index is -0.697. The topological polar surface area (TPSA) is 55.1 Å². The van der Waals surface area contributed by atoms with Crippen LogP contribution in [0.3, 0.4) is 0 Å². The third-order valence-electron chi connectivity index (χ3n) is 3.97. The lowest BCUT2D eigenvalue weighted by molar-refractivity contribution is 0.171. The normalized spacial score (nSPS) is 13.3. The predicted octanol–water partition coefficient (Wildman–Crippen LogP) is 4.92. The number of nitriles is 1. The molecule has 2 aromatic carbocycles. The van der Waals surface area contributed by atoms with Crippen LogP contribution in [0.4, 0.5) is 8.78 Å². The molecule has 2 heterocycles. The molecule has 4 nitrogen and oxygen atoms in total. The van der Waals surface area contributed by atoms with Crippen LogP contribution in [0.25, 0.3) is 22.9 Å². The van der Waals surface area contributed by atoms with E-state index in [1.54, 1.807) is 24.3 Å². The van der Waals surface area contributed by atoms with E-state index >= 15 is 0 Å². The maximum atomic E-state index is 14.0. The van der Waals surface area contributed by atoms with Crippen LogP contribution < -0.4 is 9.47 Å². The fourth-order valence-corrected chi connectivity index (χ4v) is 3.54. The zero-order chi connectivity index (χ0) is 18.8. The van der Waals surface area contributed by atoms with E-state index in [0.29, 0.717) is 35.3 Å². The summed E-state index contributed by atoms with van der Waals surface area (Å²) in [7, 11) is 0. The van der Waals surface area contributed by atoms with Crippen molar-refractivity contribution >= 4 is 23.0 Å². The van der Waals surface area contributed by atoms with Crippen molar-refractivity contribution in [1.82, 2.24) is 4.98 Å². The van der Waals surface area contributed by atoms with Gasteiger partial charge in [0.2, 0.25) is 0 Å². The SMILES string of the molecule is N#C/C(=C\c1cccc2c1OCCO2)c1nc(-c2c(F)cccc2F)cs1. The number of hydrogen-bond donors (Lipinski definition) is 0. The van der Waals surface area contributed by atoms with Gasteiger partial charge >= 0.3 is 0 Å². The second-order valence-corrected chi connectivity index (χ2v) is 6.53. The Morgan fingerprint density at radius 3 is 2.63 bits per heavy atom. The molecule has 0 radical (unpaired) electrons. The summed E-state index contributed by atoms with van der Waals surface area (Å²) in [4.78, 5) is 4.26. The average molecular weight is 382 g/mol. The minimum absolute atomic E-state index is 0.154. The van der Waals surface area contributed by atoms with Crippen LogP contribution in [0.1, 0.15) is 10.6 Å². The minimum Gasteiger partial charge on any atom is -0.486 e. The Kier molecular flexibility index (Phi) is 4.57. The van der Waals surface area contributed by atoms with Crippen LogP contribution in [0, 0.1) is 23.0 Å². The number of halogens is 2. The highest BCUT2D eigenvalue weighted by molar-refractivity contribution is 7.11. The van der Waals surface area contributed by atoms with Crippen molar-refractivity contribution in [3.05, 3.63) is 64.0 Å². The molecule has 0 saturated heterocycles. The predicted molar refractivity (Wildman–Crippen MR) is 98.4 cm³/mol. The van der Waals surface area contributed by atoms with E-state index in [-0.39, 0.29) is 16.8 Å². The number of ether oxygens (including phenoxy) is 2. The second-order valence-electron chi connectivity index (χ2n) is 5.68. The van der Waals surface area contributed by atoms with Crippen molar-refractivity contribution in [3.8, 4) is 28.8 Å². The first-order chi connectivity index (χ1) is 13.2. The van der Waals surface area contributed by atoms with Gasteiger partial charge in [-0.15, -0.1) is 11.3 Å². The molecule has 4 rings (SSSR count). The van der Waals surface area contributed by atoms with Crippen molar-refractivity contribution in [3.63, 3.8) is 0 Å². The molecular weight excluding hydrogens is 370 g/mol. The van der Waals surface area contributed by atoms with Gasteiger partial charge < -0.3 is 9.47 Å². The van der Waals surface area contributed by atoms with Gasteiger partial charge in [-0.05, 0) is 24.3 Å². The second kappa shape index (κ2) is 7.17. The lowest BCUT2D eigenvalue weighted by Crippen LogP contribution is -2.15. The third kappa shape index (κ3) is 3.27. The molecule has 0 bridgehead atoms. The fraction of sp³-hybridized carbons (Fsp3) is 0.100. The molecule has 134 valence electrons. The molecule has 1 aromatic heterocycles. The first kappa shape index (κ1) is 17.2. The van der Waals surface area contributed by atoms with Crippen LogP contribution in [0.2, 0.25) is 0 Å². The monoisotopic (exact) mass is 382 g/mol. The van der Waals surface area contributed by atoms with Crippen LogP contribution in [0.15, 0.2) is 41.8 Å². The standard InChI is InChI=1S/C20H12F2N2O2S/c21-14-4-2-5-15(22)18(14)16-11-27-20(24-16)13(10-23)9-12-3-1-6-17-19(12)26-8-7-25-17/h1-6,9,11H,7-8H2/b13-9+. The molecule has 0 aliphatic carbocycles. The summed E-state index contributed by atoms with van der Waals surface area (Å²) in [6.07, 6.45) is 1.63. The maximum absolute atomic E-state index is 14.0. The lowest BCUT2D eigenvalue weighted by Gasteiger charge is -2.19. The summed E-state index contributed by atoms with van der Waals surface area (Å²) in [5, 5.41) is 11.5. The number of hydrogen-bond acceptors (Lipinski definition) is 5. The molecule has 0 fully saturated rings. The number of benzene rings is 2. The van der Waals surface area contributed by atoms with Crippen LogP contribution in [0.5, 0.6) is 11.5 Å². The van der Waals surface area contributed by atoms with Gasteiger partial charge in [0, 0.05) is 10.9 Å². The van der Waals surface area contributed by atoms with E-state index in [0.717, 1.165) is 11.3 Å². The Balaban J connectivity index is 1.74. The highest BCUT2D eigenvalue weighted by Gasteiger charge is 2.18. The molecule has 1 aliphatic rings. The van der Waals surface area contributed by atoms with Gasteiger partial charge in [-0.3, -0.25) is 0 Å². The Bertz CT molecular complexity index is 1070. The van der Waals surface area contributed by atoms with Gasteiger partial charge in [-0.1, -0.05) is 18.2 Å². The number of thiazole rings is 1. The smallest absolute Gasteiger partial charge is 0.168 e. The maximum Gasteiger partial charge on any atom is 0.168 e. The lowest BCUT2D eigenvalue weighted by atomic mass is 10.1. The van der Waals surface area contributed by atoms with E-state index in [9.17, 15) is 14.0 Å². The van der Waals surface area contributed by atoms with E-state index in [1.165, 1.54) is 23.6 Å². The summed E-state index contributed by atoms with van der Waals surface area (Å²) in [5.41, 5.74) is 0.899. The number of allylic oxidation sites excluding steroid dienone is 1. The summed E-state index contributed by atoms with van der Waals surface area (Å²) in [6.45, 7) is 0.892. The van der Waals surface area contributed by atoms with E-state index in [4.69, 9.17) is 9.47 Å².